The molecule has 8 aromatic carbocycles. The molecule has 0 fully saturated rings. The van der Waals surface area contributed by atoms with Crippen LogP contribution in [0, 0.1) is 0 Å². The molecule has 1 heteroatoms. The summed E-state index contributed by atoms with van der Waals surface area (Å²) in [4.78, 5) is 0. The van der Waals surface area contributed by atoms with Gasteiger partial charge in [0.25, 0.3) is 0 Å². The molecule has 2 atom stereocenters. The van der Waals surface area contributed by atoms with Gasteiger partial charge in [-0.15, -0.1) is 0 Å². The summed E-state index contributed by atoms with van der Waals surface area (Å²) in [6.07, 6.45) is 0. The van der Waals surface area contributed by atoms with Crippen LogP contribution >= 0.6 is 0 Å². The van der Waals surface area contributed by atoms with Crippen LogP contribution in [0.2, 0.25) is 0 Å². The molecule has 0 saturated heterocycles. The average Bonchev–Trinajstić information content (AvgIpc) is 3.65. The molecule has 2 unspecified atom stereocenters. The van der Waals surface area contributed by atoms with Crippen molar-refractivity contribution < 1.29 is 4.74 Å². The monoisotopic (exact) mass is 636 g/mol. The number of para-hydroxylation sites is 1. The SMILES string of the molecule is CC1(c2ccccc2)c2ccccc2Oc2ccc(-c3ccc4c(c3)C3(c5ccccc5-4)c4ccccc4-c4c3ccc3ccccc43)cc21. The molecule has 0 radical (unpaired) electrons. The second kappa shape index (κ2) is 9.94. The lowest BCUT2D eigenvalue weighted by atomic mass is 9.68. The van der Waals surface area contributed by atoms with Gasteiger partial charge in [-0.2, -0.15) is 0 Å². The molecular formula is C49H32O. The minimum Gasteiger partial charge on any atom is -0.457 e. The number of benzene rings is 8. The summed E-state index contributed by atoms with van der Waals surface area (Å²) in [6, 6.07) is 65.0. The highest BCUT2D eigenvalue weighted by atomic mass is 16.5. The summed E-state index contributed by atoms with van der Waals surface area (Å²) < 4.78 is 6.59. The summed E-state index contributed by atoms with van der Waals surface area (Å²) in [6.45, 7) is 2.34. The molecule has 0 saturated carbocycles. The maximum atomic E-state index is 6.59. The Balaban J connectivity index is 1.17. The largest absolute Gasteiger partial charge is 0.457 e. The number of hydrogen-bond acceptors (Lipinski definition) is 1. The lowest BCUT2D eigenvalue weighted by molar-refractivity contribution is 0.427. The van der Waals surface area contributed by atoms with E-state index in [1.54, 1.807) is 0 Å². The fourth-order valence-corrected chi connectivity index (χ4v) is 9.59. The second-order valence-corrected chi connectivity index (χ2v) is 14.1. The van der Waals surface area contributed by atoms with Gasteiger partial charge in [0.05, 0.1) is 5.41 Å². The van der Waals surface area contributed by atoms with Crippen molar-refractivity contribution >= 4 is 10.8 Å². The predicted molar refractivity (Wildman–Crippen MR) is 204 cm³/mol. The van der Waals surface area contributed by atoms with Crippen LogP contribution in [0.1, 0.15) is 45.9 Å². The summed E-state index contributed by atoms with van der Waals surface area (Å²) in [5.74, 6) is 1.83. The summed E-state index contributed by atoms with van der Waals surface area (Å²) in [5, 5.41) is 2.59. The molecule has 0 bridgehead atoms. The summed E-state index contributed by atoms with van der Waals surface area (Å²) in [7, 11) is 0. The zero-order chi connectivity index (χ0) is 33.0. The molecule has 0 amide bonds. The van der Waals surface area contributed by atoms with Crippen molar-refractivity contribution in [3.05, 3.63) is 215 Å². The minimum atomic E-state index is -0.410. The molecule has 0 aromatic heterocycles. The Hall–Kier alpha value is -6.18. The summed E-state index contributed by atoms with van der Waals surface area (Å²) >= 11 is 0. The van der Waals surface area contributed by atoms with Crippen LogP contribution in [0.4, 0.5) is 0 Å². The average molecular weight is 637 g/mol. The first-order chi connectivity index (χ1) is 24.7. The Morgan fingerprint density at radius 2 is 1.00 bits per heavy atom. The zero-order valence-corrected chi connectivity index (χ0v) is 27.7. The minimum absolute atomic E-state index is 0.375. The van der Waals surface area contributed by atoms with Gasteiger partial charge in [0.2, 0.25) is 0 Å². The van der Waals surface area contributed by atoms with Crippen LogP contribution in [0.5, 0.6) is 11.5 Å². The highest BCUT2D eigenvalue weighted by Gasteiger charge is 2.52. The van der Waals surface area contributed by atoms with Gasteiger partial charge < -0.3 is 4.74 Å². The van der Waals surface area contributed by atoms with Crippen LogP contribution in [0.3, 0.4) is 0 Å². The number of rotatable bonds is 2. The van der Waals surface area contributed by atoms with E-state index in [1.165, 1.54) is 83.1 Å². The van der Waals surface area contributed by atoms with Crippen LogP contribution < -0.4 is 4.74 Å². The van der Waals surface area contributed by atoms with E-state index in [9.17, 15) is 0 Å². The first kappa shape index (κ1) is 27.7. The Kier molecular flexibility index (Phi) is 5.51. The third-order valence-corrected chi connectivity index (χ3v) is 11.8. The molecule has 1 aliphatic heterocycles. The van der Waals surface area contributed by atoms with Crippen LogP contribution in [0.25, 0.3) is 44.2 Å². The van der Waals surface area contributed by atoms with Gasteiger partial charge in [-0.05, 0) is 103 Å². The Morgan fingerprint density at radius 3 is 1.84 bits per heavy atom. The third-order valence-electron chi connectivity index (χ3n) is 11.8. The Bertz CT molecular complexity index is 2700. The molecule has 0 N–H and O–H groups in total. The lowest BCUT2D eigenvalue weighted by Gasteiger charge is -2.38. The number of ether oxygens (including phenoxy) is 1. The topological polar surface area (TPSA) is 9.23 Å². The van der Waals surface area contributed by atoms with Crippen molar-refractivity contribution in [1.29, 1.82) is 0 Å². The van der Waals surface area contributed by atoms with Crippen molar-refractivity contribution in [2.24, 2.45) is 0 Å². The van der Waals surface area contributed by atoms with E-state index in [4.69, 9.17) is 4.74 Å². The molecular weight excluding hydrogens is 605 g/mol. The van der Waals surface area contributed by atoms with E-state index in [1.807, 2.05) is 0 Å². The molecule has 2 aliphatic carbocycles. The normalized spacial score (nSPS) is 18.8. The van der Waals surface area contributed by atoms with Crippen LogP contribution in [0.15, 0.2) is 176 Å². The molecule has 3 aliphatic rings. The van der Waals surface area contributed by atoms with E-state index < -0.39 is 5.41 Å². The van der Waals surface area contributed by atoms with Crippen molar-refractivity contribution in [3.8, 4) is 44.9 Å². The zero-order valence-electron chi connectivity index (χ0n) is 27.7. The maximum Gasteiger partial charge on any atom is 0.131 e. The van der Waals surface area contributed by atoms with Gasteiger partial charge in [0, 0.05) is 16.5 Å². The first-order valence-electron chi connectivity index (χ1n) is 17.5. The van der Waals surface area contributed by atoms with Crippen LogP contribution in [-0.2, 0) is 10.8 Å². The number of hydrogen-bond donors (Lipinski definition) is 0. The molecule has 1 spiro atoms. The standard InChI is InChI=1S/C49H32O/c1-48(34-14-3-2-4-15-34)41-21-11-12-22-45(41)50-46-28-25-33(30-44(46)48)32-23-26-37-36-17-7-9-19-39(36)49(43(37)29-32)40-20-10-8-18-38(40)47-35-16-6-5-13-31(35)24-27-42(47)49/h2-30H,1H3. The second-order valence-electron chi connectivity index (χ2n) is 14.1. The Labute approximate surface area is 292 Å². The molecule has 234 valence electrons. The van der Waals surface area contributed by atoms with Crippen molar-refractivity contribution in [1.82, 2.24) is 0 Å². The molecule has 11 rings (SSSR count). The van der Waals surface area contributed by atoms with Crippen molar-refractivity contribution in [3.63, 3.8) is 0 Å². The first-order valence-corrected chi connectivity index (χ1v) is 17.5. The van der Waals surface area contributed by atoms with Crippen molar-refractivity contribution in [2.75, 3.05) is 0 Å². The van der Waals surface area contributed by atoms with E-state index >= 15 is 0 Å². The number of fused-ring (bicyclic) bond motifs is 14. The van der Waals surface area contributed by atoms with E-state index in [2.05, 4.69) is 183 Å². The van der Waals surface area contributed by atoms with Crippen LogP contribution in [-0.4, -0.2) is 0 Å². The lowest BCUT2D eigenvalue weighted by Crippen LogP contribution is -2.29. The van der Waals surface area contributed by atoms with E-state index in [0.29, 0.717) is 0 Å². The maximum absolute atomic E-state index is 6.59. The highest BCUT2D eigenvalue weighted by Crippen LogP contribution is 2.64. The quantitative estimate of drug-likeness (QED) is 0.183. The van der Waals surface area contributed by atoms with Crippen molar-refractivity contribution in [2.45, 2.75) is 17.8 Å². The fourth-order valence-electron chi connectivity index (χ4n) is 9.59. The van der Waals surface area contributed by atoms with Gasteiger partial charge >= 0.3 is 0 Å². The summed E-state index contributed by atoms with van der Waals surface area (Å²) in [5.41, 5.74) is 16.0. The van der Waals surface area contributed by atoms with Gasteiger partial charge in [-0.25, -0.2) is 0 Å². The van der Waals surface area contributed by atoms with Gasteiger partial charge in [-0.3, -0.25) is 0 Å². The molecule has 50 heavy (non-hydrogen) atoms. The smallest absolute Gasteiger partial charge is 0.131 e. The van der Waals surface area contributed by atoms with Gasteiger partial charge in [0.1, 0.15) is 11.5 Å². The fraction of sp³-hybridized carbons (Fsp3) is 0.0612. The van der Waals surface area contributed by atoms with Gasteiger partial charge in [-0.1, -0.05) is 152 Å². The van der Waals surface area contributed by atoms with E-state index in [0.717, 1.165) is 11.5 Å². The highest BCUT2D eigenvalue weighted by molar-refractivity contribution is 6.06. The third kappa shape index (κ3) is 3.42. The predicted octanol–water partition coefficient (Wildman–Crippen LogP) is 12.3. The molecule has 8 aromatic rings. The Morgan fingerprint density at radius 1 is 0.400 bits per heavy atom. The molecule has 1 heterocycles. The van der Waals surface area contributed by atoms with Gasteiger partial charge in [0.15, 0.2) is 0 Å². The molecule has 1 nitrogen and oxygen atoms in total. The van der Waals surface area contributed by atoms with E-state index in [-0.39, 0.29) is 5.41 Å².